The molecule has 128 valence electrons. The first-order chi connectivity index (χ1) is 11.6. The summed E-state index contributed by atoms with van der Waals surface area (Å²) >= 11 is 13.4. The Kier molecular flexibility index (Phi) is 5.53. The van der Waals surface area contributed by atoms with Gasteiger partial charge in [0.05, 0.1) is 10.8 Å². The summed E-state index contributed by atoms with van der Waals surface area (Å²) in [5, 5.41) is 9.60. The van der Waals surface area contributed by atoms with Crippen LogP contribution in [-0.4, -0.2) is 44.5 Å². The van der Waals surface area contributed by atoms with Crippen molar-refractivity contribution in [3.8, 4) is 11.4 Å². The first-order valence-electron chi connectivity index (χ1n) is 7.63. The molecular weight excluding hydrogens is 369 g/mol. The second-order valence-electron chi connectivity index (χ2n) is 5.53. The fraction of sp³-hybridized carbons (Fsp3) is 0.400. The zero-order valence-corrected chi connectivity index (χ0v) is 15.2. The standard InChI is InChI=1S/C15H17Cl2N5OS/c16-10-4-5-11(12(17)8-10)14-19-20-15(22(14)18)24-9-13(23)21-6-2-1-3-7-21/h4-5,8H,1-3,6-7,9,18H2. The van der Waals surface area contributed by atoms with Crippen LogP contribution in [0.5, 0.6) is 0 Å². The maximum Gasteiger partial charge on any atom is 0.233 e. The second kappa shape index (κ2) is 7.63. The van der Waals surface area contributed by atoms with Gasteiger partial charge in [-0.15, -0.1) is 10.2 Å². The van der Waals surface area contributed by atoms with Gasteiger partial charge >= 0.3 is 0 Å². The summed E-state index contributed by atoms with van der Waals surface area (Å²) in [5.74, 6) is 6.90. The molecule has 2 N–H and O–H groups in total. The van der Waals surface area contributed by atoms with E-state index in [9.17, 15) is 4.79 Å². The van der Waals surface area contributed by atoms with E-state index in [-0.39, 0.29) is 5.91 Å². The lowest BCUT2D eigenvalue weighted by atomic mass is 10.1. The third-order valence-corrected chi connectivity index (χ3v) is 5.35. The third-order valence-electron chi connectivity index (χ3n) is 3.87. The summed E-state index contributed by atoms with van der Waals surface area (Å²) in [6, 6.07) is 5.08. The molecule has 1 fully saturated rings. The summed E-state index contributed by atoms with van der Waals surface area (Å²) in [5.41, 5.74) is 0.644. The van der Waals surface area contributed by atoms with Gasteiger partial charge in [-0.2, -0.15) is 0 Å². The van der Waals surface area contributed by atoms with E-state index in [1.165, 1.54) is 22.9 Å². The van der Waals surface area contributed by atoms with Gasteiger partial charge < -0.3 is 10.7 Å². The van der Waals surface area contributed by atoms with E-state index in [1.807, 2.05) is 4.90 Å². The molecule has 0 aliphatic carbocycles. The maximum atomic E-state index is 12.2. The van der Waals surface area contributed by atoms with Crippen LogP contribution in [0, 0.1) is 0 Å². The van der Waals surface area contributed by atoms with Crippen LogP contribution in [0.3, 0.4) is 0 Å². The van der Waals surface area contributed by atoms with Crippen LogP contribution >= 0.6 is 35.0 Å². The summed E-state index contributed by atoms with van der Waals surface area (Å²) in [6.07, 6.45) is 3.34. The monoisotopic (exact) mass is 385 g/mol. The maximum absolute atomic E-state index is 12.2. The van der Waals surface area contributed by atoms with Gasteiger partial charge in [0.15, 0.2) is 5.82 Å². The number of aromatic nitrogens is 3. The number of amides is 1. The van der Waals surface area contributed by atoms with Crippen molar-refractivity contribution in [2.45, 2.75) is 24.4 Å². The lowest BCUT2D eigenvalue weighted by molar-refractivity contribution is -0.129. The molecule has 0 unspecified atom stereocenters. The molecule has 3 rings (SSSR count). The van der Waals surface area contributed by atoms with Crippen LogP contribution in [-0.2, 0) is 4.79 Å². The number of likely N-dealkylation sites (tertiary alicyclic amines) is 1. The number of carbonyl (C=O) groups excluding carboxylic acids is 1. The van der Waals surface area contributed by atoms with E-state index in [4.69, 9.17) is 29.0 Å². The molecule has 2 aromatic rings. The zero-order chi connectivity index (χ0) is 17.1. The molecule has 24 heavy (non-hydrogen) atoms. The molecule has 1 aromatic carbocycles. The topological polar surface area (TPSA) is 77.0 Å². The van der Waals surface area contributed by atoms with E-state index in [0.29, 0.717) is 32.3 Å². The number of piperidine rings is 1. The molecule has 1 aromatic heterocycles. The van der Waals surface area contributed by atoms with Crippen LogP contribution in [0.4, 0.5) is 0 Å². The molecule has 1 saturated heterocycles. The number of halogens is 2. The average molecular weight is 386 g/mol. The Balaban J connectivity index is 1.69. The minimum Gasteiger partial charge on any atom is -0.342 e. The molecule has 6 nitrogen and oxygen atoms in total. The molecule has 9 heteroatoms. The van der Waals surface area contributed by atoms with Gasteiger partial charge in [0, 0.05) is 23.7 Å². The Morgan fingerprint density at radius 2 is 1.96 bits per heavy atom. The Bertz CT molecular complexity index is 745. The van der Waals surface area contributed by atoms with Crippen LogP contribution in [0.15, 0.2) is 23.4 Å². The molecule has 1 amide bonds. The molecule has 0 atom stereocenters. The van der Waals surface area contributed by atoms with Gasteiger partial charge in [-0.05, 0) is 37.5 Å². The van der Waals surface area contributed by atoms with Gasteiger partial charge in [-0.1, -0.05) is 35.0 Å². The first-order valence-corrected chi connectivity index (χ1v) is 9.37. The number of nitrogens with two attached hydrogens (primary N) is 1. The van der Waals surface area contributed by atoms with Gasteiger partial charge in [0.25, 0.3) is 0 Å². The van der Waals surface area contributed by atoms with Crippen molar-refractivity contribution in [2.24, 2.45) is 0 Å². The Hall–Kier alpha value is -1.44. The molecule has 2 heterocycles. The van der Waals surface area contributed by atoms with Crippen LogP contribution < -0.4 is 5.84 Å². The number of nitrogens with zero attached hydrogens (tertiary/aromatic N) is 4. The quantitative estimate of drug-likeness (QED) is 0.646. The molecule has 0 saturated carbocycles. The number of nitrogen functional groups attached to an aromatic ring is 1. The van der Waals surface area contributed by atoms with E-state index in [1.54, 1.807) is 18.2 Å². The van der Waals surface area contributed by atoms with E-state index < -0.39 is 0 Å². The van der Waals surface area contributed by atoms with Crippen molar-refractivity contribution < 1.29 is 4.79 Å². The fourth-order valence-corrected chi connectivity index (χ4v) is 3.84. The van der Waals surface area contributed by atoms with Crippen molar-refractivity contribution in [3.05, 3.63) is 28.2 Å². The van der Waals surface area contributed by atoms with Gasteiger partial charge in [-0.25, -0.2) is 4.68 Å². The Labute approximate surface area is 154 Å². The Morgan fingerprint density at radius 1 is 1.21 bits per heavy atom. The van der Waals surface area contributed by atoms with Crippen molar-refractivity contribution in [2.75, 3.05) is 24.7 Å². The first kappa shape index (κ1) is 17.4. The van der Waals surface area contributed by atoms with Crippen LogP contribution in [0.2, 0.25) is 10.0 Å². The third kappa shape index (κ3) is 3.79. The van der Waals surface area contributed by atoms with E-state index in [2.05, 4.69) is 10.2 Å². The summed E-state index contributed by atoms with van der Waals surface area (Å²) in [6.45, 7) is 1.67. The largest absolute Gasteiger partial charge is 0.342 e. The highest BCUT2D eigenvalue weighted by Crippen LogP contribution is 2.30. The van der Waals surface area contributed by atoms with Crippen molar-refractivity contribution >= 4 is 40.9 Å². The van der Waals surface area contributed by atoms with Crippen molar-refractivity contribution in [3.63, 3.8) is 0 Å². The highest BCUT2D eigenvalue weighted by Gasteiger charge is 2.19. The fourth-order valence-electron chi connectivity index (χ4n) is 2.59. The zero-order valence-electron chi connectivity index (χ0n) is 12.9. The summed E-state index contributed by atoms with van der Waals surface area (Å²) < 4.78 is 1.35. The van der Waals surface area contributed by atoms with E-state index >= 15 is 0 Å². The number of carbonyl (C=O) groups is 1. The highest BCUT2D eigenvalue weighted by atomic mass is 35.5. The molecule has 1 aliphatic heterocycles. The second-order valence-corrected chi connectivity index (χ2v) is 7.32. The number of thioether (sulfide) groups is 1. The van der Waals surface area contributed by atoms with Gasteiger partial charge in [-0.3, -0.25) is 4.79 Å². The summed E-state index contributed by atoms with van der Waals surface area (Å²) in [4.78, 5) is 14.1. The average Bonchev–Trinajstić information content (AvgIpc) is 2.94. The predicted molar refractivity (Wildman–Crippen MR) is 96.8 cm³/mol. The highest BCUT2D eigenvalue weighted by molar-refractivity contribution is 7.99. The molecule has 0 spiro atoms. The Morgan fingerprint density at radius 3 is 2.67 bits per heavy atom. The SMILES string of the molecule is Nn1c(SCC(=O)N2CCCCC2)nnc1-c1ccc(Cl)cc1Cl. The van der Waals surface area contributed by atoms with Gasteiger partial charge in [0.2, 0.25) is 11.1 Å². The minimum absolute atomic E-state index is 0.105. The smallest absolute Gasteiger partial charge is 0.233 e. The molecule has 0 bridgehead atoms. The van der Waals surface area contributed by atoms with E-state index in [0.717, 1.165) is 25.9 Å². The molecule has 1 aliphatic rings. The number of benzene rings is 1. The molecular formula is C15H17Cl2N5OS. The van der Waals surface area contributed by atoms with Crippen molar-refractivity contribution in [1.82, 2.24) is 19.8 Å². The predicted octanol–water partition coefficient (Wildman–Crippen LogP) is 3.07. The van der Waals surface area contributed by atoms with Crippen LogP contribution in [0.1, 0.15) is 19.3 Å². The summed E-state index contributed by atoms with van der Waals surface area (Å²) in [7, 11) is 0. The minimum atomic E-state index is 0.105. The van der Waals surface area contributed by atoms with Gasteiger partial charge in [0.1, 0.15) is 0 Å². The number of hydrogen-bond donors (Lipinski definition) is 1. The lowest BCUT2D eigenvalue weighted by Gasteiger charge is -2.26. The number of hydrogen-bond acceptors (Lipinski definition) is 5. The van der Waals surface area contributed by atoms with Crippen LogP contribution in [0.25, 0.3) is 11.4 Å². The number of rotatable bonds is 4. The normalized spacial score (nSPS) is 14.8. The lowest BCUT2D eigenvalue weighted by Crippen LogP contribution is -2.36. The molecule has 0 radical (unpaired) electrons. The van der Waals surface area contributed by atoms with Crippen molar-refractivity contribution in [1.29, 1.82) is 0 Å².